The number of likely N-dealkylation sites (N-methyl/N-ethyl adjacent to an activating group) is 1. The van der Waals surface area contributed by atoms with Crippen molar-refractivity contribution in [3.8, 4) is 0 Å². The van der Waals surface area contributed by atoms with E-state index in [1.807, 2.05) is 13.1 Å². The number of rotatable bonds is 4. The predicted molar refractivity (Wildman–Crippen MR) is 95.1 cm³/mol. The highest BCUT2D eigenvalue weighted by Gasteiger charge is 2.34. The van der Waals surface area contributed by atoms with Gasteiger partial charge in [-0.3, -0.25) is 4.90 Å². The van der Waals surface area contributed by atoms with Gasteiger partial charge in [0.25, 0.3) is 0 Å². The first-order valence-electron chi connectivity index (χ1n) is 8.81. The predicted octanol–water partition coefficient (Wildman–Crippen LogP) is 2.68. The summed E-state index contributed by atoms with van der Waals surface area (Å²) >= 11 is 5.77. The van der Waals surface area contributed by atoms with Crippen molar-refractivity contribution in [2.45, 2.75) is 43.9 Å². The fraction of sp³-hybridized carbons (Fsp3) is 0.611. The van der Waals surface area contributed by atoms with E-state index in [-0.39, 0.29) is 29.2 Å². The van der Waals surface area contributed by atoms with Gasteiger partial charge in [0.05, 0.1) is 23.2 Å². The van der Waals surface area contributed by atoms with Gasteiger partial charge in [0.15, 0.2) is 0 Å². The molecule has 2 amide bonds. The van der Waals surface area contributed by atoms with Crippen molar-refractivity contribution in [1.82, 2.24) is 15.5 Å². The lowest BCUT2D eigenvalue weighted by Gasteiger charge is -2.26. The Morgan fingerprint density at radius 2 is 2.20 bits per heavy atom. The van der Waals surface area contributed by atoms with Crippen molar-refractivity contribution in [3.63, 3.8) is 0 Å². The maximum Gasteiger partial charge on any atom is 0.315 e. The summed E-state index contributed by atoms with van der Waals surface area (Å²) in [5.41, 5.74) is 0.811. The van der Waals surface area contributed by atoms with E-state index in [2.05, 4.69) is 15.5 Å². The second-order valence-corrected chi connectivity index (χ2v) is 7.59. The summed E-state index contributed by atoms with van der Waals surface area (Å²) in [7, 11) is 1.97. The van der Waals surface area contributed by atoms with Gasteiger partial charge in [0, 0.05) is 13.1 Å². The molecular formula is C18H25ClFN3O2. The Morgan fingerprint density at radius 3 is 2.88 bits per heavy atom. The van der Waals surface area contributed by atoms with Crippen molar-refractivity contribution >= 4 is 17.6 Å². The third kappa shape index (κ3) is 4.43. The lowest BCUT2D eigenvalue weighted by molar-refractivity contribution is 0.177. The minimum absolute atomic E-state index is 0.0779. The minimum atomic E-state index is -0.442. The summed E-state index contributed by atoms with van der Waals surface area (Å²) in [6.45, 7) is 1.40. The smallest absolute Gasteiger partial charge is 0.315 e. The van der Waals surface area contributed by atoms with Gasteiger partial charge in [0.2, 0.25) is 0 Å². The Kier molecular flexibility index (Phi) is 5.81. The van der Waals surface area contributed by atoms with Crippen LogP contribution in [-0.4, -0.2) is 48.3 Å². The molecule has 7 heteroatoms. The third-order valence-corrected chi connectivity index (χ3v) is 5.62. The number of carbonyl (C=O) groups excluding carboxylic acids is 1. The molecule has 0 bridgehead atoms. The number of halogens is 2. The van der Waals surface area contributed by atoms with E-state index in [1.54, 1.807) is 6.07 Å². The summed E-state index contributed by atoms with van der Waals surface area (Å²) in [6.07, 6.45) is 3.08. The fourth-order valence-electron chi connectivity index (χ4n) is 3.97. The van der Waals surface area contributed by atoms with E-state index in [4.69, 9.17) is 11.6 Å². The van der Waals surface area contributed by atoms with Crippen LogP contribution in [-0.2, 0) is 0 Å². The van der Waals surface area contributed by atoms with Crippen molar-refractivity contribution in [3.05, 3.63) is 34.6 Å². The molecule has 4 atom stereocenters. The SMILES string of the molecule is CN1CCC(NC(=O)NCC2CCC(O)C2)C1c1ccc(Cl)c(F)c1. The number of amides is 2. The van der Waals surface area contributed by atoms with Gasteiger partial charge in [0.1, 0.15) is 5.82 Å². The van der Waals surface area contributed by atoms with Gasteiger partial charge in [-0.05, 0) is 56.3 Å². The molecule has 1 saturated carbocycles. The number of urea groups is 1. The molecule has 3 N–H and O–H groups in total. The maximum absolute atomic E-state index is 13.8. The normalized spacial score (nSPS) is 29.8. The van der Waals surface area contributed by atoms with Crippen LogP contribution in [0.4, 0.5) is 9.18 Å². The molecule has 1 heterocycles. The average molecular weight is 370 g/mol. The molecule has 1 aliphatic carbocycles. The standard InChI is InChI=1S/C18H25ClFN3O2/c1-23-7-6-16(17(23)12-3-5-14(19)15(20)9-12)22-18(25)21-10-11-2-4-13(24)8-11/h3,5,9,11,13,16-17,24H,2,4,6-8,10H2,1H3,(H2,21,22,25). The highest BCUT2D eigenvalue weighted by molar-refractivity contribution is 6.30. The number of nitrogens with one attached hydrogen (secondary N) is 2. The molecule has 25 heavy (non-hydrogen) atoms. The largest absolute Gasteiger partial charge is 0.393 e. The Balaban J connectivity index is 1.58. The molecule has 4 unspecified atom stereocenters. The van der Waals surface area contributed by atoms with Crippen LogP contribution in [0.5, 0.6) is 0 Å². The molecule has 2 fully saturated rings. The zero-order chi connectivity index (χ0) is 18.0. The second kappa shape index (κ2) is 7.89. The summed E-state index contributed by atoms with van der Waals surface area (Å²) in [6, 6.07) is 4.44. The number of aliphatic hydroxyl groups is 1. The molecule has 3 rings (SSSR count). The number of hydrogen-bond donors (Lipinski definition) is 3. The minimum Gasteiger partial charge on any atom is -0.393 e. The Bertz CT molecular complexity index is 630. The van der Waals surface area contributed by atoms with Crippen LogP contribution in [0.15, 0.2) is 18.2 Å². The monoisotopic (exact) mass is 369 g/mol. The number of carbonyl (C=O) groups is 1. The van der Waals surface area contributed by atoms with Crippen molar-refractivity contribution < 1.29 is 14.3 Å². The molecule has 0 radical (unpaired) electrons. The second-order valence-electron chi connectivity index (χ2n) is 7.18. The van der Waals surface area contributed by atoms with Gasteiger partial charge in [-0.1, -0.05) is 17.7 Å². The Hall–Kier alpha value is -1.37. The van der Waals surface area contributed by atoms with E-state index in [0.29, 0.717) is 12.5 Å². The molecule has 138 valence electrons. The van der Waals surface area contributed by atoms with Crippen LogP contribution in [0.3, 0.4) is 0 Å². The summed E-state index contributed by atoms with van der Waals surface area (Å²) < 4.78 is 13.8. The highest BCUT2D eigenvalue weighted by atomic mass is 35.5. The Labute approximate surface area is 152 Å². The number of aliphatic hydroxyl groups excluding tert-OH is 1. The van der Waals surface area contributed by atoms with E-state index in [9.17, 15) is 14.3 Å². The average Bonchev–Trinajstić information content (AvgIpc) is 3.14. The number of likely N-dealkylation sites (tertiary alicyclic amines) is 1. The van der Waals surface area contributed by atoms with Crippen LogP contribution in [0.2, 0.25) is 5.02 Å². The van der Waals surface area contributed by atoms with Gasteiger partial charge in [-0.15, -0.1) is 0 Å². The van der Waals surface area contributed by atoms with Crippen molar-refractivity contribution in [2.24, 2.45) is 5.92 Å². The molecule has 0 aromatic heterocycles. The number of benzene rings is 1. The number of hydrogen-bond acceptors (Lipinski definition) is 3. The van der Waals surface area contributed by atoms with Crippen LogP contribution >= 0.6 is 11.6 Å². The first-order valence-corrected chi connectivity index (χ1v) is 9.19. The van der Waals surface area contributed by atoms with E-state index in [1.165, 1.54) is 6.07 Å². The maximum atomic E-state index is 13.8. The van der Waals surface area contributed by atoms with Gasteiger partial charge < -0.3 is 15.7 Å². The van der Waals surface area contributed by atoms with Crippen molar-refractivity contribution in [1.29, 1.82) is 0 Å². The lowest BCUT2D eigenvalue weighted by atomic mass is 10.00. The molecule has 1 saturated heterocycles. The third-order valence-electron chi connectivity index (χ3n) is 5.32. The summed E-state index contributed by atoms with van der Waals surface area (Å²) in [5.74, 6) is -0.101. The Morgan fingerprint density at radius 1 is 1.40 bits per heavy atom. The molecule has 1 aliphatic heterocycles. The molecule has 1 aromatic rings. The van der Waals surface area contributed by atoms with Crippen LogP contribution in [0, 0.1) is 11.7 Å². The quantitative estimate of drug-likeness (QED) is 0.764. The first-order chi connectivity index (χ1) is 11.9. The zero-order valence-corrected chi connectivity index (χ0v) is 15.1. The topological polar surface area (TPSA) is 64.6 Å². The highest BCUT2D eigenvalue weighted by Crippen LogP contribution is 2.32. The van der Waals surface area contributed by atoms with Gasteiger partial charge in [-0.25, -0.2) is 9.18 Å². The van der Waals surface area contributed by atoms with Gasteiger partial charge >= 0.3 is 6.03 Å². The van der Waals surface area contributed by atoms with Crippen LogP contribution in [0.25, 0.3) is 0 Å². The zero-order valence-electron chi connectivity index (χ0n) is 14.3. The molecule has 1 aromatic carbocycles. The summed E-state index contributed by atoms with van der Waals surface area (Å²) in [5, 5.41) is 15.6. The molecule has 0 spiro atoms. The lowest BCUT2D eigenvalue weighted by Crippen LogP contribution is -2.45. The van der Waals surface area contributed by atoms with E-state index < -0.39 is 5.82 Å². The van der Waals surface area contributed by atoms with Crippen LogP contribution in [0.1, 0.15) is 37.3 Å². The van der Waals surface area contributed by atoms with Gasteiger partial charge in [-0.2, -0.15) is 0 Å². The van der Waals surface area contributed by atoms with Crippen molar-refractivity contribution in [2.75, 3.05) is 20.1 Å². The molecular weight excluding hydrogens is 345 g/mol. The van der Waals surface area contributed by atoms with Crippen LogP contribution < -0.4 is 10.6 Å². The first kappa shape index (κ1) is 18.4. The summed E-state index contributed by atoms with van der Waals surface area (Å²) in [4.78, 5) is 14.4. The van der Waals surface area contributed by atoms with E-state index in [0.717, 1.165) is 37.8 Å². The van der Waals surface area contributed by atoms with E-state index >= 15 is 0 Å². The molecule has 5 nitrogen and oxygen atoms in total. The fourth-order valence-corrected chi connectivity index (χ4v) is 4.09. The molecule has 2 aliphatic rings. The number of nitrogens with zero attached hydrogens (tertiary/aromatic N) is 1.